The molecule has 0 aliphatic carbocycles. The van der Waals surface area contributed by atoms with Gasteiger partial charge >= 0.3 is 0 Å². The van der Waals surface area contributed by atoms with Crippen LogP contribution in [0.4, 0.5) is 21.5 Å². The molecule has 0 saturated carbocycles. The van der Waals surface area contributed by atoms with Crippen molar-refractivity contribution in [3.63, 3.8) is 0 Å². The molecule has 3 aromatic carbocycles. The molecule has 1 amide bonds. The maximum Gasteiger partial charge on any atom is 0.294 e. The first-order chi connectivity index (χ1) is 16.8. The number of hydrogen-bond acceptors (Lipinski definition) is 6. The highest BCUT2D eigenvalue weighted by Crippen LogP contribution is 2.39. The standard InChI is InChI=1S/C24H17BrFN5O4/c25-15-3-7-17(8-4-15)29-12-19(23(28-29)14-1-5-16(26)6-2-14)24-30(22(32)13-35-24)18-9-10-20(27)21(11-18)31(33)34/h1-12,24H,13,27H2. The Morgan fingerprint density at radius 3 is 2.46 bits per heavy atom. The molecule has 2 heterocycles. The molecule has 0 radical (unpaired) electrons. The van der Waals surface area contributed by atoms with Gasteiger partial charge in [-0.05, 0) is 60.7 Å². The molecule has 1 atom stereocenters. The molecule has 9 nitrogen and oxygen atoms in total. The van der Waals surface area contributed by atoms with Gasteiger partial charge in [0.15, 0.2) is 6.23 Å². The van der Waals surface area contributed by atoms with E-state index in [9.17, 15) is 19.3 Å². The third-order valence-corrected chi connectivity index (χ3v) is 6.10. The number of ether oxygens (including phenoxy) is 1. The van der Waals surface area contributed by atoms with E-state index in [0.29, 0.717) is 16.8 Å². The molecule has 1 fully saturated rings. The summed E-state index contributed by atoms with van der Waals surface area (Å²) < 4.78 is 22.0. The minimum Gasteiger partial charge on any atom is -0.393 e. The van der Waals surface area contributed by atoms with E-state index in [4.69, 9.17) is 15.6 Å². The first-order valence-electron chi connectivity index (χ1n) is 10.4. The Balaban J connectivity index is 1.65. The van der Waals surface area contributed by atoms with Crippen molar-refractivity contribution in [1.82, 2.24) is 9.78 Å². The fourth-order valence-electron chi connectivity index (χ4n) is 3.90. The molecule has 35 heavy (non-hydrogen) atoms. The normalized spacial score (nSPS) is 15.5. The van der Waals surface area contributed by atoms with Gasteiger partial charge in [0.25, 0.3) is 11.6 Å². The molecule has 11 heteroatoms. The number of nitrogens with two attached hydrogens (primary N) is 1. The summed E-state index contributed by atoms with van der Waals surface area (Å²) in [6.45, 7) is -0.227. The number of nitro benzene ring substituents is 1. The highest BCUT2D eigenvalue weighted by atomic mass is 79.9. The number of amides is 1. The van der Waals surface area contributed by atoms with Gasteiger partial charge in [0, 0.05) is 27.9 Å². The summed E-state index contributed by atoms with van der Waals surface area (Å²) in [5.41, 5.74) is 8.04. The second-order valence-corrected chi connectivity index (χ2v) is 8.70. The lowest BCUT2D eigenvalue weighted by Crippen LogP contribution is -2.28. The number of anilines is 2. The lowest BCUT2D eigenvalue weighted by molar-refractivity contribution is -0.383. The van der Waals surface area contributed by atoms with Crippen LogP contribution >= 0.6 is 15.9 Å². The number of nitro groups is 1. The zero-order chi connectivity index (χ0) is 24.7. The van der Waals surface area contributed by atoms with Gasteiger partial charge in [-0.15, -0.1) is 0 Å². The van der Waals surface area contributed by atoms with E-state index in [-0.39, 0.29) is 29.6 Å². The van der Waals surface area contributed by atoms with Gasteiger partial charge in [-0.1, -0.05) is 15.9 Å². The molecule has 5 rings (SSSR count). The predicted molar refractivity (Wildman–Crippen MR) is 130 cm³/mol. The SMILES string of the molecule is Nc1ccc(N2C(=O)COC2c2cn(-c3ccc(Br)cc3)nc2-c2ccc(F)cc2)cc1[N+](=O)[O-]. The quantitative estimate of drug-likeness (QED) is 0.217. The van der Waals surface area contributed by atoms with Crippen molar-refractivity contribution in [2.24, 2.45) is 0 Å². The molecule has 4 aromatic rings. The van der Waals surface area contributed by atoms with Gasteiger partial charge in [0.2, 0.25) is 0 Å². The van der Waals surface area contributed by atoms with Gasteiger partial charge in [-0.3, -0.25) is 19.8 Å². The summed E-state index contributed by atoms with van der Waals surface area (Å²) >= 11 is 3.41. The molecule has 1 aliphatic heterocycles. The molecule has 176 valence electrons. The first kappa shape index (κ1) is 22.7. The van der Waals surface area contributed by atoms with Crippen LogP contribution in [0.25, 0.3) is 16.9 Å². The van der Waals surface area contributed by atoms with Gasteiger partial charge < -0.3 is 10.5 Å². The fraction of sp³-hybridized carbons (Fsp3) is 0.0833. The lowest BCUT2D eigenvalue weighted by Gasteiger charge is -2.23. The minimum atomic E-state index is -0.921. The van der Waals surface area contributed by atoms with E-state index < -0.39 is 17.0 Å². The molecular formula is C24H17BrFN5O4. The number of nitrogen functional groups attached to an aromatic ring is 1. The van der Waals surface area contributed by atoms with Crippen LogP contribution in [0.15, 0.2) is 77.4 Å². The number of benzene rings is 3. The third-order valence-electron chi connectivity index (χ3n) is 5.57. The number of aromatic nitrogens is 2. The Morgan fingerprint density at radius 2 is 1.77 bits per heavy atom. The van der Waals surface area contributed by atoms with Gasteiger partial charge in [0.05, 0.1) is 16.3 Å². The number of halogens is 2. The maximum atomic E-state index is 13.6. The average Bonchev–Trinajstić information content (AvgIpc) is 3.44. The number of hydrogen-bond donors (Lipinski definition) is 1. The van der Waals surface area contributed by atoms with Crippen LogP contribution in [0.5, 0.6) is 0 Å². The molecular weight excluding hydrogens is 521 g/mol. The van der Waals surface area contributed by atoms with Crippen LogP contribution in [-0.4, -0.2) is 27.2 Å². The van der Waals surface area contributed by atoms with Crippen LogP contribution in [0.1, 0.15) is 11.8 Å². The van der Waals surface area contributed by atoms with E-state index >= 15 is 0 Å². The number of nitrogens with zero attached hydrogens (tertiary/aromatic N) is 4. The van der Waals surface area contributed by atoms with Crippen molar-refractivity contribution in [3.05, 3.63) is 98.9 Å². The average molecular weight is 538 g/mol. The predicted octanol–water partition coefficient (Wildman–Crippen LogP) is 4.99. The van der Waals surface area contributed by atoms with Crippen molar-refractivity contribution in [2.45, 2.75) is 6.23 Å². The van der Waals surface area contributed by atoms with E-state index in [0.717, 1.165) is 10.2 Å². The van der Waals surface area contributed by atoms with Crippen LogP contribution in [0.2, 0.25) is 0 Å². The summed E-state index contributed by atoms with van der Waals surface area (Å²) in [6.07, 6.45) is 0.805. The Hall–Kier alpha value is -4.09. The lowest BCUT2D eigenvalue weighted by atomic mass is 10.1. The van der Waals surface area contributed by atoms with Crippen molar-refractivity contribution in [3.8, 4) is 16.9 Å². The zero-order valence-electron chi connectivity index (χ0n) is 18.0. The molecule has 1 aliphatic rings. The minimum absolute atomic E-state index is 0.0158. The molecule has 1 saturated heterocycles. The van der Waals surface area contributed by atoms with Crippen LogP contribution in [0.3, 0.4) is 0 Å². The van der Waals surface area contributed by atoms with Gasteiger partial charge in [-0.2, -0.15) is 5.10 Å². The number of carbonyl (C=O) groups is 1. The summed E-state index contributed by atoms with van der Waals surface area (Å²) in [6, 6.07) is 17.4. The zero-order valence-corrected chi connectivity index (χ0v) is 19.6. The van der Waals surface area contributed by atoms with Crippen LogP contribution < -0.4 is 10.6 Å². The Morgan fingerprint density at radius 1 is 1.09 bits per heavy atom. The van der Waals surface area contributed by atoms with Crippen LogP contribution in [0, 0.1) is 15.9 Å². The maximum absolute atomic E-state index is 13.6. The highest BCUT2D eigenvalue weighted by Gasteiger charge is 2.38. The van der Waals surface area contributed by atoms with E-state index in [1.54, 1.807) is 23.0 Å². The molecule has 1 unspecified atom stereocenters. The van der Waals surface area contributed by atoms with Gasteiger partial charge in [-0.25, -0.2) is 9.07 Å². The summed E-state index contributed by atoms with van der Waals surface area (Å²) in [7, 11) is 0. The number of carbonyl (C=O) groups excluding carboxylic acids is 1. The van der Waals surface area contributed by atoms with Crippen molar-refractivity contribution in [2.75, 3.05) is 17.2 Å². The largest absolute Gasteiger partial charge is 0.393 e. The topological polar surface area (TPSA) is 117 Å². The van der Waals surface area contributed by atoms with E-state index in [1.807, 2.05) is 24.3 Å². The van der Waals surface area contributed by atoms with Crippen molar-refractivity contribution in [1.29, 1.82) is 0 Å². The van der Waals surface area contributed by atoms with Gasteiger partial charge in [0.1, 0.15) is 23.8 Å². The Labute approximate surface area is 206 Å². The summed E-state index contributed by atoms with van der Waals surface area (Å²) in [5, 5.41) is 16.1. The number of rotatable bonds is 5. The third kappa shape index (κ3) is 4.27. The molecule has 0 bridgehead atoms. The van der Waals surface area contributed by atoms with Crippen molar-refractivity contribution >= 4 is 38.9 Å². The molecule has 0 spiro atoms. The Kier molecular flexibility index (Phi) is 5.79. The van der Waals surface area contributed by atoms with E-state index in [2.05, 4.69) is 15.9 Å². The summed E-state index contributed by atoms with van der Waals surface area (Å²) in [4.78, 5) is 25.0. The molecule has 1 aromatic heterocycles. The highest BCUT2D eigenvalue weighted by molar-refractivity contribution is 9.10. The first-order valence-corrected chi connectivity index (χ1v) is 11.2. The van der Waals surface area contributed by atoms with Crippen molar-refractivity contribution < 1.29 is 18.8 Å². The van der Waals surface area contributed by atoms with E-state index in [1.165, 1.54) is 35.2 Å². The second-order valence-electron chi connectivity index (χ2n) is 7.79. The fourth-order valence-corrected chi connectivity index (χ4v) is 4.16. The smallest absolute Gasteiger partial charge is 0.294 e. The molecule has 2 N–H and O–H groups in total. The van der Waals surface area contributed by atoms with Crippen LogP contribution in [-0.2, 0) is 9.53 Å². The Bertz CT molecular complexity index is 1440. The monoisotopic (exact) mass is 537 g/mol. The second kappa shape index (κ2) is 8.93. The summed E-state index contributed by atoms with van der Waals surface area (Å²) in [5.74, 6) is -0.777.